The molecule has 0 unspecified atom stereocenters. The molecule has 2 aromatic rings. The number of nitriles is 1. The Hall–Kier alpha value is -1.50. The summed E-state index contributed by atoms with van der Waals surface area (Å²) < 4.78 is 0. The van der Waals surface area contributed by atoms with Gasteiger partial charge in [0.2, 0.25) is 0 Å². The van der Waals surface area contributed by atoms with Gasteiger partial charge in [0.05, 0.1) is 5.02 Å². The molecule has 0 aliphatic rings. The molecule has 0 bridgehead atoms. The maximum Gasteiger partial charge on any atom is 0.159 e. The molecule has 0 amide bonds. The average molecular weight is 347 g/mol. The molecule has 0 aliphatic heterocycles. The molecule has 23 heavy (non-hydrogen) atoms. The van der Waals surface area contributed by atoms with E-state index in [0.29, 0.717) is 5.02 Å². The molecule has 0 saturated heterocycles. The first-order valence-electron chi connectivity index (χ1n) is 7.68. The summed E-state index contributed by atoms with van der Waals surface area (Å²) in [7, 11) is 0. The van der Waals surface area contributed by atoms with Crippen LogP contribution in [-0.4, -0.2) is 4.98 Å². The van der Waals surface area contributed by atoms with E-state index in [1.807, 2.05) is 19.9 Å². The van der Waals surface area contributed by atoms with Crippen molar-refractivity contribution in [3.8, 4) is 6.07 Å². The number of hydrogen-bond acceptors (Lipinski definition) is 3. The highest BCUT2D eigenvalue weighted by Crippen LogP contribution is 2.27. The van der Waals surface area contributed by atoms with Crippen LogP contribution in [0.4, 0.5) is 0 Å². The lowest BCUT2D eigenvalue weighted by Gasteiger charge is -2.19. The third kappa shape index (κ3) is 5.89. The smallest absolute Gasteiger partial charge is 0.159 e. The first kappa shape index (κ1) is 19.5. The summed E-state index contributed by atoms with van der Waals surface area (Å²) in [6, 6.07) is 12.4. The molecule has 2 rings (SSSR count). The molecule has 0 N–H and O–H groups in total. The fraction of sp³-hybridized carbons (Fsp3) is 0.368. The number of halogens is 1. The van der Waals surface area contributed by atoms with Crippen LogP contribution in [0.25, 0.3) is 0 Å². The normalized spacial score (nSPS) is 10.5. The van der Waals surface area contributed by atoms with E-state index < -0.39 is 0 Å². The van der Waals surface area contributed by atoms with Gasteiger partial charge in [0, 0.05) is 16.8 Å². The number of benzene rings is 1. The Balaban J connectivity index is 0.00000127. The molecule has 0 saturated carbocycles. The molecule has 1 aromatic carbocycles. The zero-order valence-electron chi connectivity index (χ0n) is 14.4. The molecule has 1 heterocycles. The van der Waals surface area contributed by atoms with Gasteiger partial charge in [0.15, 0.2) is 5.69 Å². The predicted molar refractivity (Wildman–Crippen MR) is 100 cm³/mol. The Morgan fingerprint density at radius 2 is 1.78 bits per heavy atom. The first-order valence-corrected chi connectivity index (χ1v) is 9.04. The number of nitrogens with zero attached hydrogens (tertiary/aromatic N) is 2. The van der Waals surface area contributed by atoms with Crippen LogP contribution in [-0.2, 0) is 11.2 Å². The highest BCUT2D eigenvalue weighted by molar-refractivity contribution is 7.98. The van der Waals surface area contributed by atoms with Crippen molar-refractivity contribution < 1.29 is 0 Å². The summed E-state index contributed by atoms with van der Waals surface area (Å²) >= 11 is 7.65. The fourth-order valence-corrected chi connectivity index (χ4v) is 2.98. The molecule has 0 fully saturated rings. The third-order valence-corrected chi connectivity index (χ3v) is 4.47. The molecular formula is C19H23ClN2S. The predicted octanol–water partition coefficient (Wildman–Crippen LogP) is 6.22. The monoisotopic (exact) mass is 346 g/mol. The van der Waals surface area contributed by atoms with Crippen LogP contribution >= 0.6 is 23.4 Å². The van der Waals surface area contributed by atoms with Crippen molar-refractivity contribution in [1.29, 1.82) is 5.26 Å². The average Bonchev–Trinajstić information content (AvgIpc) is 2.54. The van der Waals surface area contributed by atoms with Crippen molar-refractivity contribution in [2.24, 2.45) is 0 Å². The highest BCUT2D eigenvalue weighted by Gasteiger charge is 2.12. The molecule has 0 atom stereocenters. The van der Waals surface area contributed by atoms with Gasteiger partial charge in [0.1, 0.15) is 6.07 Å². The quantitative estimate of drug-likeness (QED) is 0.618. The number of thioether (sulfide) groups is 1. The van der Waals surface area contributed by atoms with Crippen LogP contribution in [0, 0.1) is 11.3 Å². The fourth-order valence-electron chi connectivity index (χ4n) is 1.85. The number of hydrogen-bond donors (Lipinski definition) is 0. The minimum atomic E-state index is 0.177. The minimum Gasteiger partial charge on any atom is -0.243 e. The first-order chi connectivity index (χ1) is 10.9. The van der Waals surface area contributed by atoms with Crippen LogP contribution in [0.5, 0.6) is 0 Å². The standard InChI is InChI=1S/C17H17ClN2S.C2H6/c1-17(2,3)13-6-4-12(5-7-13)11-21-14-8-15(18)16(9-19)20-10-14;1-2/h4-8,10H,11H2,1-3H3;1-2H3. The van der Waals surface area contributed by atoms with Gasteiger partial charge >= 0.3 is 0 Å². The van der Waals surface area contributed by atoms with Crippen LogP contribution in [0.1, 0.15) is 51.4 Å². The Morgan fingerprint density at radius 1 is 1.17 bits per heavy atom. The van der Waals surface area contributed by atoms with Gasteiger partial charge in [-0.25, -0.2) is 4.98 Å². The maximum absolute atomic E-state index is 8.81. The van der Waals surface area contributed by atoms with Gasteiger partial charge in [-0.3, -0.25) is 0 Å². The molecule has 2 nitrogen and oxygen atoms in total. The molecule has 122 valence electrons. The lowest BCUT2D eigenvalue weighted by molar-refractivity contribution is 0.590. The summed E-state index contributed by atoms with van der Waals surface area (Å²) in [4.78, 5) is 5.01. The zero-order valence-corrected chi connectivity index (χ0v) is 15.9. The summed E-state index contributed by atoms with van der Waals surface area (Å²) in [6.07, 6.45) is 1.69. The lowest BCUT2D eigenvalue weighted by atomic mass is 9.87. The second-order valence-electron chi connectivity index (χ2n) is 5.85. The summed E-state index contributed by atoms with van der Waals surface area (Å²) in [5, 5.41) is 9.21. The van der Waals surface area contributed by atoms with E-state index in [9.17, 15) is 0 Å². The molecule has 1 aromatic heterocycles. The Bertz CT molecular complexity index is 667. The highest BCUT2D eigenvalue weighted by atomic mass is 35.5. The molecule has 4 heteroatoms. The van der Waals surface area contributed by atoms with Crippen molar-refractivity contribution in [3.05, 3.63) is 58.4 Å². The van der Waals surface area contributed by atoms with Gasteiger partial charge in [-0.2, -0.15) is 5.26 Å². The molecule has 0 radical (unpaired) electrons. The van der Waals surface area contributed by atoms with Crippen LogP contribution in [0.2, 0.25) is 5.02 Å². The van der Waals surface area contributed by atoms with Gasteiger partial charge in [-0.15, -0.1) is 11.8 Å². The summed E-state index contributed by atoms with van der Waals surface area (Å²) in [5.41, 5.74) is 3.04. The number of aromatic nitrogens is 1. The van der Waals surface area contributed by atoms with Crippen LogP contribution in [0.3, 0.4) is 0 Å². The second kappa shape index (κ2) is 8.96. The zero-order chi connectivity index (χ0) is 17.5. The van der Waals surface area contributed by atoms with Gasteiger partial charge in [0.25, 0.3) is 0 Å². The van der Waals surface area contributed by atoms with Gasteiger partial charge in [-0.05, 0) is 22.6 Å². The maximum atomic E-state index is 8.81. The second-order valence-corrected chi connectivity index (χ2v) is 7.30. The third-order valence-electron chi connectivity index (χ3n) is 3.15. The van der Waals surface area contributed by atoms with E-state index in [1.165, 1.54) is 11.1 Å². The number of pyridine rings is 1. The minimum absolute atomic E-state index is 0.177. The van der Waals surface area contributed by atoms with E-state index in [-0.39, 0.29) is 11.1 Å². The molecule has 0 spiro atoms. The van der Waals surface area contributed by atoms with E-state index in [0.717, 1.165) is 10.6 Å². The Morgan fingerprint density at radius 3 is 2.26 bits per heavy atom. The van der Waals surface area contributed by atoms with Crippen LogP contribution < -0.4 is 0 Å². The van der Waals surface area contributed by atoms with E-state index in [4.69, 9.17) is 16.9 Å². The van der Waals surface area contributed by atoms with Crippen molar-refractivity contribution in [2.45, 2.75) is 50.7 Å². The molecular weight excluding hydrogens is 324 g/mol. The number of rotatable bonds is 3. The van der Waals surface area contributed by atoms with E-state index in [1.54, 1.807) is 24.0 Å². The largest absolute Gasteiger partial charge is 0.243 e. The SMILES string of the molecule is CC.CC(C)(C)c1ccc(CSc2cnc(C#N)c(Cl)c2)cc1. The Kier molecular flexibility index (Phi) is 7.61. The Labute approximate surface area is 148 Å². The van der Waals surface area contributed by atoms with Gasteiger partial charge < -0.3 is 0 Å². The molecule has 0 aliphatic carbocycles. The summed E-state index contributed by atoms with van der Waals surface area (Å²) in [5.74, 6) is 0.855. The van der Waals surface area contributed by atoms with Crippen molar-refractivity contribution in [1.82, 2.24) is 4.98 Å². The van der Waals surface area contributed by atoms with Crippen molar-refractivity contribution in [3.63, 3.8) is 0 Å². The lowest BCUT2D eigenvalue weighted by Crippen LogP contribution is -2.10. The van der Waals surface area contributed by atoms with E-state index in [2.05, 4.69) is 50.0 Å². The van der Waals surface area contributed by atoms with Crippen LogP contribution in [0.15, 0.2) is 41.4 Å². The van der Waals surface area contributed by atoms with E-state index >= 15 is 0 Å². The van der Waals surface area contributed by atoms with Crippen molar-refractivity contribution >= 4 is 23.4 Å². The van der Waals surface area contributed by atoms with Gasteiger partial charge in [-0.1, -0.05) is 70.5 Å². The van der Waals surface area contributed by atoms with Crippen molar-refractivity contribution in [2.75, 3.05) is 0 Å². The summed E-state index contributed by atoms with van der Waals surface area (Å²) in [6.45, 7) is 10.6. The topological polar surface area (TPSA) is 36.7 Å².